The van der Waals surface area contributed by atoms with E-state index in [4.69, 9.17) is 4.74 Å². The molecule has 0 radical (unpaired) electrons. The van der Waals surface area contributed by atoms with Gasteiger partial charge in [-0.15, -0.1) is 0 Å². The van der Waals surface area contributed by atoms with Crippen molar-refractivity contribution in [2.24, 2.45) is 5.92 Å². The zero-order valence-electron chi connectivity index (χ0n) is 12.0. The lowest BCUT2D eigenvalue weighted by Crippen LogP contribution is -2.27. The van der Waals surface area contributed by atoms with Gasteiger partial charge in [0, 0.05) is 19.7 Å². The SMILES string of the molecule is CCC1OCCC1CNCc1ccc2c(c1)CCC2. The first-order chi connectivity index (χ1) is 9.36. The Hall–Kier alpha value is -0.860. The van der Waals surface area contributed by atoms with E-state index in [2.05, 4.69) is 30.4 Å². The van der Waals surface area contributed by atoms with E-state index in [1.54, 1.807) is 11.1 Å². The van der Waals surface area contributed by atoms with Crippen molar-refractivity contribution in [3.8, 4) is 0 Å². The lowest BCUT2D eigenvalue weighted by molar-refractivity contribution is 0.0872. The third-order valence-corrected chi connectivity index (χ3v) is 4.65. The molecule has 1 N–H and O–H groups in total. The maximum absolute atomic E-state index is 5.74. The van der Waals surface area contributed by atoms with Crippen molar-refractivity contribution >= 4 is 0 Å². The average molecular weight is 259 g/mol. The van der Waals surface area contributed by atoms with E-state index in [0.717, 1.165) is 26.1 Å². The van der Waals surface area contributed by atoms with Crippen molar-refractivity contribution in [2.75, 3.05) is 13.2 Å². The molecule has 1 aromatic rings. The largest absolute Gasteiger partial charge is 0.378 e. The minimum Gasteiger partial charge on any atom is -0.378 e. The smallest absolute Gasteiger partial charge is 0.0613 e. The molecule has 2 heteroatoms. The minimum atomic E-state index is 0.479. The van der Waals surface area contributed by atoms with E-state index in [1.165, 1.54) is 31.2 Å². The van der Waals surface area contributed by atoms with Crippen LogP contribution in [-0.2, 0) is 24.1 Å². The quantitative estimate of drug-likeness (QED) is 0.877. The number of aryl methyl sites for hydroxylation is 2. The number of fused-ring (bicyclic) bond motifs is 1. The predicted octanol–water partition coefficient (Wildman–Crippen LogP) is 3.08. The monoisotopic (exact) mass is 259 g/mol. The van der Waals surface area contributed by atoms with Crippen LogP contribution in [0.15, 0.2) is 18.2 Å². The van der Waals surface area contributed by atoms with Crippen molar-refractivity contribution in [1.29, 1.82) is 0 Å². The van der Waals surface area contributed by atoms with Crippen molar-refractivity contribution < 1.29 is 4.74 Å². The molecule has 2 aliphatic rings. The molecule has 1 aliphatic heterocycles. The highest BCUT2D eigenvalue weighted by molar-refractivity contribution is 5.35. The van der Waals surface area contributed by atoms with Gasteiger partial charge in [0.25, 0.3) is 0 Å². The van der Waals surface area contributed by atoms with Crippen LogP contribution in [0.4, 0.5) is 0 Å². The van der Waals surface area contributed by atoms with Crippen LogP contribution in [0.3, 0.4) is 0 Å². The maximum atomic E-state index is 5.74. The lowest BCUT2D eigenvalue weighted by atomic mass is 9.99. The van der Waals surface area contributed by atoms with Crippen LogP contribution in [0.1, 0.15) is 42.9 Å². The molecule has 2 atom stereocenters. The maximum Gasteiger partial charge on any atom is 0.0613 e. The van der Waals surface area contributed by atoms with Crippen LogP contribution in [-0.4, -0.2) is 19.3 Å². The van der Waals surface area contributed by atoms with E-state index in [1.807, 2.05) is 0 Å². The normalized spacial score (nSPS) is 25.7. The molecule has 0 spiro atoms. The standard InChI is InChI=1S/C17H25NO/c1-2-17-16(8-9-19-17)12-18-11-13-6-7-14-4-3-5-15(14)10-13/h6-7,10,16-18H,2-5,8-9,11-12H2,1H3. The number of rotatable bonds is 5. The number of nitrogens with one attached hydrogen (secondary N) is 1. The van der Waals surface area contributed by atoms with Gasteiger partial charge in [0.2, 0.25) is 0 Å². The highest BCUT2D eigenvalue weighted by Gasteiger charge is 2.25. The molecule has 0 saturated carbocycles. The van der Waals surface area contributed by atoms with Crippen molar-refractivity contribution in [3.05, 3.63) is 34.9 Å². The Morgan fingerprint density at radius 2 is 2.16 bits per heavy atom. The zero-order valence-corrected chi connectivity index (χ0v) is 12.0. The fourth-order valence-electron chi connectivity index (χ4n) is 3.51. The Morgan fingerprint density at radius 3 is 3.05 bits per heavy atom. The Labute approximate surface area is 116 Å². The molecule has 0 aromatic heterocycles. The second-order valence-corrected chi connectivity index (χ2v) is 5.95. The summed E-state index contributed by atoms with van der Waals surface area (Å²) in [5.74, 6) is 0.708. The van der Waals surface area contributed by atoms with Gasteiger partial charge in [-0.25, -0.2) is 0 Å². The van der Waals surface area contributed by atoms with E-state index < -0.39 is 0 Å². The second kappa shape index (κ2) is 6.06. The lowest BCUT2D eigenvalue weighted by Gasteiger charge is -2.17. The summed E-state index contributed by atoms with van der Waals surface area (Å²) in [7, 11) is 0. The number of ether oxygens (including phenoxy) is 1. The van der Waals surface area contributed by atoms with Gasteiger partial charge in [0.1, 0.15) is 0 Å². The minimum absolute atomic E-state index is 0.479. The zero-order chi connectivity index (χ0) is 13.1. The summed E-state index contributed by atoms with van der Waals surface area (Å²) in [6.07, 6.45) is 6.73. The molecule has 1 aliphatic carbocycles. The summed E-state index contributed by atoms with van der Waals surface area (Å²) in [6.45, 7) is 5.27. The first-order valence-corrected chi connectivity index (χ1v) is 7.80. The van der Waals surface area contributed by atoms with Gasteiger partial charge in [0.15, 0.2) is 0 Å². The fourth-order valence-corrected chi connectivity index (χ4v) is 3.51. The van der Waals surface area contributed by atoms with E-state index in [0.29, 0.717) is 12.0 Å². The molecule has 3 rings (SSSR count). The summed E-state index contributed by atoms with van der Waals surface area (Å²) >= 11 is 0. The first kappa shape index (κ1) is 13.1. The molecule has 2 nitrogen and oxygen atoms in total. The molecule has 19 heavy (non-hydrogen) atoms. The molecule has 1 heterocycles. The van der Waals surface area contributed by atoms with Gasteiger partial charge < -0.3 is 10.1 Å². The Morgan fingerprint density at radius 1 is 1.26 bits per heavy atom. The highest BCUT2D eigenvalue weighted by atomic mass is 16.5. The van der Waals surface area contributed by atoms with Crippen LogP contribution in [0.5, 0.6) is 0 Å². The molecule has 104 valence electrons. The van der Waals surface area contributed by atoms with Crippen LogP contribution in [0.25, 0.3) is 0 Å². The van der Waals surface area contributed by atoms with Crippen molar-refractivity contribution in [1.82, 2.24) is 5.32 Å². The molecule has 1 fully saturated rings. The summed E-state index contributed by atoms with van der Waals surface area (Å²) in [6, 6.07) is 7.02. The topological polar surface area (TPSA) is 21.3 Å². The van der Waals surface area contributed by atoms with Gasteiger partial charge in [-0.3, -0.25) is 0 Å². The molecule has 0 amide bonds. The number of hydrogen-bond acceptors (Lipinski definition) is 2. The Bertz CT molecular complexity index is 429. The van der Waals surface area contributed by atoms with Gasteiger partial charge in [-0.1, -0.05) is 25.1 Å². The van der Waals surface area contributed by atoms with E-state index in [9.17, 15) is 0 Å². The highest BCUT2D eigenvalue weighted by Crippen LogP contribution is 2.24. The van der Waals surface area contributed by atoms with E-state index >= 15 is 0 Å². The van der Waals surface area contributed by atoms with Gasteiger partial charge in [0.05, 0.1) is 6.10 Å². The van der Waals surface area contributed by atoms with E-state index in [-0.39, 0.29) is 0 Å². The molecular formula is C17H25NO. The molecule has 1 aromatic carbocycles. The van der Waals surface area contributed by atoms with Crippen LogP contribution >= 0.6 is 0 Å². The van der Waals surface area contributed by atoms with Gasteiger partial charge >= 0.3 is 0 Å². The second-order valence-electron chi connectivity index (χ2n) is 5.95. The molecular weight excluding hydrogens is 234 g/mol. The van der Waals surface area contributed by atoms with Gasteiger partial charge in [-0.05, 0) is 54.7 Å². The number of hydrogen-bond donors (Lipinski definition) is 1. The van der Waals surface area contributed by atoms with Crippen LogP contribution in [0, 0.1) is 5.92 Å². The predicted molar refractivity (Wildman–Crippen MR) is 78.3 cm³/mol. The van der Waals surface area contributed by atoms with Crippen molar-refractivity contribution in [3.63, 3.8) is 0 Å². The summed E-state index contributed by atoms with van der Waals surface area (Å²) in [5.41, 5.74) is 4.58. The summed E-state index contributed by atoms with van der Waals surface area (Å²) < 4.78 is 5.74. The Kier molecular flexibility index (Phi) is 4.19. The van der Waals surface area contributed by atoms with Crippen molar-refractivity contribution in [2.45, 2.75) is 51.7 Å². The number of benzene rings is 1. The average Bonchev–Trinajstić information content (AvgIpc) is 3.06. The summed E-state index contributed by atoms with van der Waals surface area (Å²) in [4.78, 5) is 0. The molecule has 2 unspecified atom stereocenters. The third kappa shape index (κ3) is 3.01. The molecule has 0 bridgehead atoms. The van der Waals surface area contributed by atoms with Crippen LogP contribution < -0.4 is 5.32 Å². The first-order valence-electron chi connectivity index (χ1n) is 7.80. The van der Waals surface area contributed by atoms with Crippen LogP contribution in [0.2, 0.25) is 0 Å². The van der Waals surface area contributed by atoms with Gasteiger partial charge in [-0.2, -0.15) is 0 Å². The molecule has 1 saturated heterocycles. The fraction of sp³-hybridized carbons (Fsp3) is 0.647. The Balaban J connectivity index is 1.50. The third-order valence-electron chi connectivity index (χ3n) is 4.65. The summed E-state index contributed by atoms with van der Waals surface area (Å²) in [5, 5.41) is 3.62.